The van der Waals surface area contributed by atoms with E-state index < -0.39 is 12.1 Å². The maximum absolute atomic E-state index is 12.6. The van der Waals surface area contributed by atoms with Gasteiger partial charge >= 0.3 is 6.18 Å². The molecule has 1 aliphatic heterocycles. The van der Waals surface area contributed by atoms with Gasteiger partial charge in [-0.05, 0) is 32.6 Å². The molecule has 1 saturated carbocycles. The average molecular weight is 294 g/mol. The second-order valence-corrected chi connectivity index (χ2v) is 6.07. The molecule has 1 unspecified atom stereocenters. The Balaban J connectivity index is 1.66. The molecular weight excluding hydrogens is 269 g/mol. The number of nitrogens with zero attached hydrogens (tertiary/aromatic N) is 1. The Labute approximate surface area is 118 Å². The smallest absolute Gasteiger partial charge is 0.379 e. The first-order chi connectivity index (χ1) is 9.45. The van der Waals surface area contributed by atoms with E-state index in [9.17, 15) is 13.2 Å². The Morgan fingerprint density at radius 1 is 1.15 bits per heavy atom. The fourth-order valence-corrected chi connectivity index (χ4v) is 3.21. The van der Waals surface area contributed by atoms with Crippen LogP contribution >= 0.6 is 0 Å². The summed E-state index contributed by atoms with van der Waals surface area (Å²) < 4.78 is 43.1. The highest BCUT2D eigenvalue weighted by atomic mass is 19.4. The lowest BCUT2D eigenvalue weighted by Crippen LogP contribution is -2.48. The Morgan fingerprint density at radius 2 is 1.75 bits per heavy atom. The van der Waals surface area contributed by atoms with E-state index in [0.29, 0.717) is 18.9 Å². The standard InChI is InChI=1S/C14H25F3N2O/c1-11(10-19-6-8-20-9-7-19)18-13-4-2-12(3-5-13)14(15,16)17/h11-13,18H,2-10H2,1H3. The van der Waals surface area contributed by atoms with E-state index in [0.717, 1.165) is 32.8 Å². The Morgan fingerprint density at radius 3 is 2.30 bits per heavy atom. The van der Waals surface area contributed by atoms with Gasteiger partial charge in [0, 0.05) is 31.7 Å². The van der Waals surface area contributed by atoms with Gasteiger partial charge in [0.25, 0.3) is 0 Å². The maximum Gasteiger partial charge on any atom is 0.391 e. The lowest BCUT2D eigenvalue weighted by atomic mass is 9.85. The number of rotatable bonds is 4. The van der Waals surface area contributed by atoms with Crippen LogP contribution in [0.4, 0.5) is 13.2 Å². The molecule has 0 aromatic rings. The summed E-state index contributed by atoms with van der Waals surface area (Å²) in [4.78, 5) is 2.35. The number of halogens is 3. The number of morpholine rings is 1. The predicted octanol–water partition coefficient (Wildman–Crippen LogP) is 2.42. The van der Waals surface area contributed by atoms with Gasteiger partial charge in [0.15, 0.2) is 0 Å². The van der Waals surface area contributed by atoms with Crippen molar-refractivity contribution in [3.05, 3.63) is 0 Å². The molecule has 1 atom stereocenters. The van der Waals surface area contributed by atoms with Crippen LogP contribution < -0.4 is 5.32 Å². The maximum atomic E-state index is 12.6. The second kappa shape index (κ2) is 7.09. The molecular formula is C14H25F3N2O. The van der Waals surface area contributed by atoms with Gasteiger partial charge in [-0.2, -0.15) is 13.2 Å². The first kappa shape index (κ1) is 16.0. The molecule has 3 nitrogen and oxygen atoms in total. The zero-order chi connectivity index (χ0) is 14.6. The average Bonchev–Trinajstić information content (AvgIpc) is 2.39. The highest BCUT2D eigenvalue weighted by Crippen LogP contribution is 2.37. The summed E-state index contributed by atoms with van der Waals surface area (Å²) in [7, 11) is 0. The van der Waals surface area contributed by atoms with Gasteiger partial charge in [0.05, 0.1) is 19.1 Å². The molecule has 1 aliphatic carbocycles. The molecule has 0 aromatic heterocycles. The van der Waals surface area contributed by atoms with E-state index in [1.807, 2.05) is 0 Å². The van der Waals surface area contributed by atoms with E-state index >= 15 is 0 Å². The molecule has 1 heterocycles. The van der Waals surface area contributed by atoms with Crippen LogP contribution in [-0.2, 0) is 4.74 Å². The molecule has 2 fully saturated rings. The van der Waals surface area contributed by atoms with Gasteiger partial charge in [0.1, 0.15) is 0 Å². The lowest BCUT2D eigenvalue weighted by Gasteiger charge is -2.34. The summed E-state index contributed by atoms with van der Waals surface area (Å²) in [5, 5.41) is 3.49. The third-order valence-electron chi connectivity index (χ3n) is 4.35. The van der Waals surface area contributed by atoms with Gasteiger partial charge < -0.3 is 10.1 Å². The summed E-state index contributed by atoms with van der Waals surface area (Å²) in [6.07, 6.45) is -2.20. The molecule has 0 radical (unpaired) electrons. The van der Waals surface area contributed by atoms with Crippen LogP contribution in [0.25, 0.3) is 0 Å². The van der Waals surface area contributed by atoms with Gasteiger partial charge in [0.2, 0.25) is 0 Å². The van der Waals surface area contributed by atoms with Gasteiger partial charge in [-0.15, -0.1) is 0 Å². The number of ether oxygens (including phenoxy) is 1. The largest absolute Gasteiger partial charge is 0.391 e. The first-order valence-corrected chi connectivity index (χ1v) is 7.58. The molecule has 0 spiro atoms. The van der Waals surface area contributed by atoms with Gasteiger partial charge in [-0.25, -0.2) is 0 Å². The van der Waals surface area contributed by atoms with Crippen LogP contribution in [0, 0.1) is 5.92 Å². The minimum absolute atomic E-state index is 0.240. The van der Waals surface area contributed by atoms with E-state index in [1.54, 1.807) is 0 Å². The van der Waals surface area contributed by atoms with Crippen molar-refractivity contribution in [2.45, 2.75) is 50.9 Å². The van der Waals surface area contributed by atoms with Crippen LogP contribution in [0.15, 0.2) is 0 Å². The molecule has 0 amide bonds. The molecule has 0 bridgehead atoms. The number of nitrogens with one attached hydrogen (secondary N) is 1. The molecule has 6 heteroatoms. The molecule has 118 valence electrons. The first-order valence-electron chi connectivity index (χ1n) is 7.58. The van der Waals surface area contributed by atoms with Crippen molar-refractivity contribution >= 4 is 0 Å². The number of hydrogen-bond donors (Lipinski definition) is 1. The third kappa shape index (κ3) is 4.90. The molecule has 2 rings (SSSR count). The molecule has 1 saturated heterocycles. The summed E-state index contributed by atoms with van der Waals surface area (Å²) in [6, 6.07) is 0.560. The SMILES string of the molecule is CC(CN1CCOCC1)NC1CCC(C(F)(F)F)CC1. The van der Waals surface area contributed by atoms with Crippen molar-refractivity contribution in [3.8, 4) is 0 Å². The van der Waals surface area contributed by atoms with Crippen LogP contribution in [0.1, 0.15) is 32.6 Å². The topological polar surface area (TPSA) is 24.5 Å². The zero-order valence-electron chi connectivity index (χ0n) is 12.1. The minimum atomic E-state index is -4.01. The third-order valence-corrected chi connectivity index (χ3v) is 4.35. The van der Waals surface area contributed by atoms with Crippen molar-refractivity contribution < 1.29 is 17.9 Å². The van der Waals surface area contributed by atoms with E-state index in [-0.39, 0.29) is 18.9 Å². The fraction of sp³-hybridized carbons (Fsp3) is 1.00. The Bertz CT molecular complexity index is 285. The van der Waals surface area contributed by atoms with Crippen LogP contribution in [0.5, 0.6) is 0 Å². The van der Waals surface area contributed by atoms with Crippen molar-refractivity contribution in [2.75, 3.05) is 32.8 Å². The fourth-order valence-electron chi connectivity index (χ4n) is 3.21. The molecule has 1 N–H and O–H groups in total. The Hall–Kier alpha value is -0.330. The molecule has 0 aromatic carbocycles. The summed E-state index contributed by atoms with van der Waals surface area (Å²) in [5.41, 5.74) is 0. The van der Waals surface area contributed by atoms with E-state index in [4.69, 9.17) is 4.74 Å². The van der Waals surface area contributed by atoms with E-state index in [1.165, 1.54) is 0 Å². The summed E-state index contributed by atoms with van der Waals surface area (Å²) in [6.45, 7) is 6.53. The van der Waals surface area contributed by atoms with Crippen LogP contribution in [0.3, 0.4) is 0 Å². The van der Waals surface area contributed by atoms with Gasteiger partial charge in [-0.3, -0.25) is 4.90 Å². The summed E-state index contributed by atoms with van der Waals surface area (Å²) >= 11 is 0. The van der Waals surface area contributed by atoms with Crippen LogP contribution in [0.2, 0.25) is 0 Å². The predicted molar refractivity (Wildman–Crippen MR) is 71.7 cm³/mol. The van der Waals surface area contributed by atoms with E-state index in [2.05, 4.69) is 17.1 Å². The Kier molecular flexibility index (Phi) is 5.69. The molecule has 2 aliphatic rings. The van der Waals surface area contributed by atoms with Crippen molar-refractivity contribution in [3.63, 3.8) is 0 Å². The molecule has 20 heavy (non-hydrogen) atoms. The number of hydrogen-bond acceptors (Lipinski definition) is 3. The highest BCUT2D eigenvalue weighted by molar-refractivity contribution is 4.83. The van der Waals surface area contributed by atoms with Crippen molar-refractivity contribution in [2.24, 2.45) is 5.92 Å². The lowest BCUT2D eigenvalue weighted by molar-refractivity contribution is -0.182. The normalized spacial score (nSPS) is 31.2. The van der Waals surface area contributed by atoms with Gasteiger partial charge in [-0.1, -0.05) is 0 Å². The minimum Gasteiger partial charge on any atom is -0.379 e. The second-order valence-electron chi connectivity index (χ2n) is 6.07. The quantitative estimate of drug-likeness (QED) is 0.862. The zero-order valence-corrected chi connectivity index (χ0v) is 12.1. The monoisotopic (exact) mass is 294 g/mol. The van der Waals surface area contributed by atoms with Crippen molar-refractivity contribution in [1.29, 1.82) is 0 Å². The summed E-state index contributed by atoms with van der Waals surface area (Å²) in [5.74, 6) is -1.09. The highest BCUT2D eigenvalue weighted by Gasteiger charge is 2.41. The van der Waals surface area contributed by atoms with Crippen molar-refractivity contribution in [1.82, 2.24) is 10.2 Å². The van der Waals surface area contributed by atoms with Crippen LogP contribution in [-0.4, -0.2) is 56.0 Å². The number of alkyl halides is 3.